The average Bonchev–Trinajstić information content (AvgIpc) is 2.34. The first-order chi connectivity index (χ1) is 8.99. The maximum Gasteiger partial charge on any atom is 0.161 e. The molecule has 2 aromatic rings. The van der Waals surface area contributed by atoms with Crippen LogP contribution in [0.25, 0.3) is 0 Å². The second-order valence-corrected chi connectivity index (χ2v) is 5.60. The van der Waals surface area contributed by atoms with Crippen molar-refractivity contribution in [3.8, 4) is 0 Å². The number of hydrogen-bond donors (Lipinski definition) is 0. The van der Waals surface area contributed by atoms with Crippen LogP contribution in [0.5, 0.6) is 0 Å². The van der Waals surface area contributed by atoms with Gasteiger partial charge in [-0.25, -0.2) is 4.39 Å². The largest absolute Gasteiger partial charge is 0.294 e. The third-order valence-corrected chi connectivity index (χ3v) is 4.19. The molecule has 0 aliphatic rings. The first-order valence-electron chi connectivity index (χ1n) is 6.03. The van der Waals surface area contributed by atoms with Crippen molar-refractivity contribution in [1.82, 2.24) is 0 Å². The van der Waals surface area contributed by atoms with Gasteiger partial charge in [0.1, 0.15) is 5.82 Å². The van der Waals surface area contributed by atoms with Gasteiger partial charge in [-0.3, -0.25) is 4.79 Å². The normalized spacial score (nSPS) is 10.5. The number of carbonyl (C=O) groups is 1. The topological polar surface area (TPSA) is 17.1 Å². The summed E-state index contributed by atoms with van der Waals surface area (Å²) in [5.74, 6) is -0.468. The summed E-state index contributed by atoms with van der Waals surface area (Å²) in [6, 6.07) is 10.6. The minimum atomic E-state index is -0.349. The molecule has 0 saturated carbocycles. The molecule has 0 unspecified atom stereocenters. The average molecular weight is 274 g/mol. The summed E-state index contributed by atoms with van der Waals surface area (Å²) in [6.45, 7) is 5.47. The lowest BCUT2D eigenvalue weighted by Gasteiger charge is -2.10. The molecule has 2 rings (SSSR count). The monoisotopic (exact) mass is 274 g/mol. The molecule has 0 saturated heterocycles. The first kappa shape index (κ1) is 13.8. The van der Waals surface area contributed by atoms with Gasteiger partial charge in [0, 0.05) is 10.5 Å². The van der Waals surface area contributed by atoms with E-state index < -0.39 is 0 Å². The van der Waals surface area contributed by atoms with Crippen molar-refractivity contribution in [3.63, 3.8) is 0 Å². The molecular weight excluding hydrogens is 259 g/mol. The lowest BCUT2D eigenvalue weighted by molar-refractivity contribution is 0.101. The Morgan fingerprint density at radius 2 is 1.89 bits per heavy atom. The van der Waals surface area contributed by atoms with Crippen molar-refractivity contribution in [1.29, 1.82) is 0 Å². The van der Waals surface area contributed by atoms with Crippen LogP contribution >= 0.6 is 11.8 Å². The Kier molecular flexibility index (Phi) is 4.05. The molecule has 1 nitrogen and oxygen atoms in total. The molecule has 19 heavy (non-hydrogen) atoms. The predicted molar refractivity (Wildman–Crippen MR) is 76.4 cm³/mol. The summed E-state index contributed by atoms with van der Waals surface area (Å²) < 4.78 is 13.9. The molecule has 0 atom stereocenters. The number of hydrogen-bond acceptors (Lipinski definition) is 2. The van der Waals surface area contributed by atoms with E-state index in [1.165, 1.54) is 30.3 Å². The summed E-state index contributed by atoms with van der Waals surface area (Å²) in [7, 11) is 0. The molecule has 0 aliphatic carbocycles. The van der Waals surface area contributed by atoms with Gasteiger partial charge >= 0.3 is 0 Å². The fraction of sp³-hybridized carbons (Fsp3) is 0.188. The van der Waals surface area contributed by atoms with Crippen LogP contribution in [-0.4, -0.2) is 5.78 Å². The molecule has 0 spiro atoms. The van der Waals surface area contributed by atoms with Gasteiger partial charge in [-0.2, -0.15) is 0 Å². The van der Waals surface area contributed by atoms with Crippen molar-refractivity contribution >= 4 is 17.5 Å². The fourth-order valence-corrected chi connectivity index (χ4v) is 2.98. The van der Waals surface area contributed by atoms with Crippen LogP contribution < -0.4 is 0 Å². The molecule has 98 valence electrons. The van der Waals surface area contributed by atoms with Crippen LogP contribution in [0.4, 0.5) is 4.39 Å². The van der Waals surface area contributed by atoms with E-state index in [4.69, 9.17) is 0 Å². The van der Waals surface area contributed by atoms with Crippen molar-refractivity contribution in [2.24, 2.45) is 0 Å². The smallest absolute Gasteiger partial charge is 0.161 e. The van der Waals surface area contributed by atoms with Crippen molar-refractivity contribution < 1.29 is 9.18 Å². The third kappa shape index (κ3) is 3.04. The molecule has 0 aliphatic heterocycles. The van der Waals surface area contributed by atoms with Crippen LogP contribution in [0.1, 0.15) is 28.4 Å². The SMILES string of the molecule is CC(=O)c1cccc(F)c1Sc1ccc(C)cc1C. The summed E-state index contributed by atoms with van der Waals surface area (Å²) in [4.78, 5) is 12.9. The zero-order valence-electron chi connectivity index (χ0n) is 11.2. The van der Waals surface area contributed by atoms with Crippen LogP contribution in [0.2, 0.25) is 0 Å². The van der Waals surface area contributed by atoms with E-state index in [0.29, 0.717) is 10.5 Å². The van der Waals surface area contributed by atoms with E-state index in [9.17, 15) is 9.18 Å². The maximum absolute atomic E-state index is 13.9. The van der Waals surface area contributed by atoms with E-state index in [-0.39, 0.29) is 11.6 Å². The zero-order chi connectivity index (χ0) is 14.0. The minimum Gasteiger partial charge on any atom is -0.294 e. The Morgan fingerprint density at radius 1 is 1.16 bits per heavy atom. The predicted octanol–water partition coefficient (Wildman–Crippen LogP) is 4.80. The van der Waals surface area contributed by atoms with Gasteiger partial charge in [-0.15, -0.1) is 0 Å². The number of carbonyl (C=O) groups excluding carboxylic acids is 1. The van der Waals surface area contributed by atoms with Crippen molar-refractivity contribution in [3.05, 3.63) is 58.9 Å². The quantitative estimate of drug-likeness (QED) is 0.748. The number of halogens is 1. The van der Waals surface area contributed by atoms with Gasteiger partial charge in [0.05, 0.1) is 4.90 Å². The Balaban J connectivity index is 2.46. The number of ketones is 1. The highest BCUT2D eigenvalue weighted by atomic mass is 32.2. The van der Waals surface area contributed by atoms with Crippen LogP contribution in [0, 0.1) is 19.7 Å². The lowest BCUT2D eigenvalue weighted by Crippen LogP contribution is -1.97. The molecule has 0 aromatic heterocycles. The van der Waals surface area contributed by atoms with Crippen LogP contribution in [0.15, 0.2) is 46.2 Å². The Labute approximate surface area is 116 Å². The Bertz CT molecular complexity index is 635. The molecule has 0 bridgehead atoms. The van der Waals surface area contributed by atoms with E-state index in [1.54, 1.807) is 12.1 Å². The highest BCUT2D eigenvalue weighted by Gasteiger charge is 2.14. The fourth-order valence-electron chi connectivity index (χ4n) is 1.91. The Morgan fingerprint density at radius 3 is 2.53 bits per heavy atom. The van der Waals surface area contributed by atoms with Crippen molar-refractivity contribution in [2.45, 2.75) is 30.6 Å². The number of benzene rings is 2. The van der Waals surface area contributed by atoms with E-state index >= 15 is 0 Å². The van der Waals surface area contributed by atoms with Gasteiger partial charge in [-0.05, 0) is 38.5 Å². The molecule has 0 N–H and O–H groups in total. The van der Waals surface area contributed by atoms with Gasteiger partial charge in [0.15, 0.2) is 5.78 Å². The van der Waals surface area contributed by atoms with Gasteiger partial charge < -0.3 is 0 Å². The molecule has 0 fully saturated rings. The van der Waals surface area contributed by atoms with Crippen LogP contribution in [0.3, 0.4) is 0 Å². The second kappa shape index (κ2) is 5.57. The lowest BCUT2D eigenvalue weighted by atomic mass is 10.1. The highest BCUT2D eigenvalue weighted by Crippen LogP contribution is 2.35. The molecule has 3 heteroatoms. The minimum absolute atomic E-state index is 0.119. The first-order valence-corrected chi connectivity index (χ1v) is 6.85. The summed E-state index contributed by atoms with van der Waals surface area (Å²) in [6.07, 6.45) is 0. The van der Waals surface area contributed by atoms with Crippen molar-refractivity contribution in [2.75, 3.05) is 0 Å². The molecular formula is C16H15FOS. The van der Waals surface area contributed by atoms with E-state index in [0.717, 1.165) is 10.5 Å². The number of rotatable bonds is 3. The van der Waals surface area contributed by atoms with Crippen LogP contribution in [-0.2, 0) is 0 Å². The molecule has 0 heterocycles. The standard InChI is InChI=1S/C16H15FOS/c1-10-7-8-15(11(2)9-10)19-16-13(12(3)18)5-4-6-14(16)17/h4-9H,1-3H3. The van der Waals surface area contributed by atoms with Gasteiger partial charge in [0.25, 0.3) is 0 Å². The maximum atomic E-state index is 13.9. The van der Waals surface area contributed by atoms with E-state index in [1.807, 2.05) is 26.0 Å². The summed E-state index contributed by atoms with van der Waals surface area (Å²) in [5, 5.41) is 0. The summed E-state index contributed by atoms with van der Waals surface area (Å²) in [5.41, 5.74) is 2.69. The van der Waals surface area contributed by atoms with Gasteiger partial charge in [0.2, 0.25) is 0 Å². The van der Waals surface area contributed by atoms with E-state index in [2.05, 4.69) is 6.07 Å². The third-order valence-electron chi connectivity index (χ3n) is 2.89. The second-order valence-electron chi connectivity index (χ2n) is 4.54. The highest BCUT2D eigenvalue weighted by molar-refractivity contribution is 7.99. The molecule has 2 aromatic carbocycles. The number of Topliss-reactive ketones (excluding diaryl/α,β-unsaturated/α-hetero) is 1. The summed E-state index contributed by atoms with van der Waals surface area (Å²) >= 11 is 1.31. The molecule has 0 amide bonds. The number of aryl methyl sites for hydroxylation is 2. The van der Waals surface area contributed by atoms with Gasteiger partial charge in [-0.1, -0.05) is 41.6 Å². The Hall–Kier alpha value is -1.61. The zero-order valence-corrected chi connectivity index (χ0v) is 12.0. The molecule has 0 radical (unpaired) electrons.